The fourth-order valence-electron chi connectivity index (χ4n) is 2.75. The second kappa shape index (κ2) is 7.77. The minimum Gasteiger partial charge on any atom is -0.341 e. The number of amides is 2. The average Bonchev–Trinajstić information content (AvgIpc) is 2.52. The Morgan fingerprint density at radius 2 is 1.87 bits per heavy atom. The average molecular weight is 341 g/mol. The molecule has 1 aliphatic heterocycles. The van der Waals surface area contributed by atoms with Gasteiger partial charge < -0.3 is 10.2 Å². The second-order valence-corrected chi connectivity index (χ2v) is 6.58. The summed E-state index contributed by atoms with van der Waals surface area (Å²) in [7, 11) is 0. The Morgan fingerprint density at radius 1 is 1.22 bits per heavy atom. The maximum absolute atomic E-state index is 13.9. The third-order valence-electron chi connectivity index (χ3n) is 4.08. The van der Waals surface area contributed by atoms with Crippen LogP contribution >= 0.6 is 11.6 Å². The van der Waals surface area contributed by atoms with Gasteiger partial charge in [-0.3, -0.25) is 9.59 Å². The molecule has 2 amide bonds. The number of likely N-dealkylation sites (tertiary alicyclic amines) is 1. The van der Waals surface area contributed by atoms with Crippen molar-refractivity contribution >= 4 is 23.4 Å². The van der Waals surface area contributed by atoms with Gasteiger partial charge >= 0.3 is 0 Å². The van der Waals surface area contributed by atoms with Gasteiger partial charge in [0.1, 0.15) is 11.9 Å². The van der Waals surface area contributed by atoms with Crippen molar-refractivity contribution < 1.29 is 14.0 Å². The van der Waals surface area contributed by atoms with Gasteiger partial charge in [-0.2, -0.15) is 0 Å². The van der Waals surface area contributed by atoms with Crippen LogP contribution in [0.1, 0.15) is 43.5 Å². The SMILES string of the molecule is CC(C)[C@@H](NC(=O)c1c(F)cccc1Cl)C(=O)N1CCCCC1. The van der Waals surface area contributed by atoms with E-state index in [0.29, 0.717) is 13.1 Å². The lowest BCUT2D eigenvalue weighted by atomic mass is 10.0. The number of hydrogen-bond acceptors (Lipinski definition) is 2. The molecule has 1 heterocycles. The van der Waals surface area contributed by atoms with Gasteiger partial charge in [-0.15, -0.1) is 0 Å². The highest BCUT2D eigenvalue weighted by molar-refractivity contribution is 6.33. The molecule has 0 bridgehead atoms. The topological polar surface area (TPSA) is 49.4 Å². The fraction of sp³-hybridized carbons (Fsp3) is 0.529. The van der Waals surface area contributed by atoms with Crippen molar-refractivity contribution in [2.24, 2.45) is 5.92 Å². The molecular weight excluding hydrogens is 319 g/mol. The number of nitrogens with one attached hydrogen (secondary N) is 1. The second-order valence-electron chi connectivity index (χ2n) is 6.18. The Kier molecular flexibility index (Phi) is 5.99. The molecule has 1 atom stereocenters. The number of carbonyl (C=O) groups excluding carboxylic acids is 2. The number of halogens is 2. The number of carbonyl (C=O) groups is 2. The Hall–Kier alpha value is -1.62. The number of nitrogens with zero attached hydrogens (tertiary/aromatic N) is 1. The van der Waals surface area contributed by atoms with Crippen LogP contribution in [0, 0.1) is 11.7 Å². The van der Waals surface area contributed by atoms with Crippen LogP contribution in [0.3, 0.4) is 0 Å². The first-order valence-electron chi connectivity index (χ1n) is 7.95. The quantitative estimate of drug-likeness (QED) is 0.914. The Morgan fingerprint density at radius 3 is 2.43 bits per heavy atom. The molecule has 1 aromatic carbocycles. The third-order valence-corrected chi connectivity index (χ3v) is 4.39. The monoisotopic (exact) mass is 340 g/mol. The van der Waals surface area contributed by atoms with Crippen LogP contribution in [-0.2, 0) is 4.79 Å². The van der Waals surface area contributed by atoms with E-state index in [2.05, 4.69) is 5.32 Å². The highest BCUT2D eigenvalue weighted by Crippen LogP contribution is 2.20. The van der Waals surface area contributed by atoms with Gasteiger partial charge in [0.2, 0.25) is 5.91 Å². The molecule has 126 valence electrons. The largest absolute Gasteiger partial charge is 0.341 e. The van der Waals surface area contributed by atoms with E-state index in [1.54, 1.807) is 4.90 Å². The number of hydrogen-bond donors (Lipinski definition) is 1. The highest BCUT2D eigenvalue weighted by atomic mass is 35.5. The Bertz CT molecular complexity index is 566. The molecule has 0 unspecified atom stereocenters. The van der Waals surface area contributed by atoms with Gasteiger partial charge in [0.25, 0.3) is 5.91 Å². The van der Waals surface area contributed by atoms with E-state index in [1.165, 1.54) is 18.2 Å². The van der Waals surface area contributed by atoms with E-state index in [0.717, 1.165) is 19.3 Å². The van der Waals surface area contributed by atoms with Gasteiger partial charge in [-0.05, 0) is 37.3 Å². The lowest BCUT2D eigenvalue weighted by Crippen LogP contribution is -2.52. The molecule has 0 saturated carbocycles. The van der Waals surface area contributed by atoms with Gasteiger partial charge in [0.15, 0.2) is 0 Å². The summed E-state index contributed by atoms with van der Waals surface area (Å²) in [5.41, 5.74) is -0.216. The summed E-state index contributed by atoms with van der Waals surface area (Å²) in [5, 5.41) is 2.69. The third kappa shape index (κ3) is 4.22. The summed E-state index contributed by atoms with van der Waals surface area (Å²) in [6.45, 7) is 5.13. The van der Waals surface area contributed by atoms with Crippen molar-refractivity contribution in [3.05, 3.63) is 34.6 Å². The maximum Gasteiger partial charge on any atom is 0.256 e. The zero-order valence-electron chi connectivity index (χ0n) is 13.4. The number of benzene rings is 1. The van der Waals surface area contributed by atoms with E-state index in [-0.39, 0.29) is 22.4 Å². The summed E-state index contributed by atoms with van der Waals surface area (Å²) in [6, 6.07) is 3.39. The minimum absolute atomic E-state index is 0.0374. The molecule has 23 heavy (non-hydrogen) atoms. The molecule has 1 fully saturated rings. The highest BCUT2D eigenvalue weighted by Gasteiger charge is 2.30. The molecule has 0 aromatic heterocycles. The van der Waals surface area contributed by atoms with E-state index in [4.69, 9.17) is 11.6 Å². The number of piperidine rings is 1. The summed E-state index contributed by atoms with van der Waals surface area (Å²) >= 11 is 5.92. The van der Waals surface area contributed by atoms with E-state index in [1.807, 2.05) is 13.8 Å². The predicted octanol–water partition coefficient (Wildman–Crippen LogP) is 3.25. The Labute approximate surface area is 141 Å². The molecule has 0 aliphatic carbocycles. The van der Waals surface area contributed by atoms with Gasteiger partial charge in [-0.25, -0.2) is 4.39 Å². The van der Waals surface area contributed by atoms with Crippen molar-refractivity contribution in [2.45, 2.75) is 39.2 Å². The maximum atomic E-state index is 13.9. The van der Waals surface area contributed by atoms with Crippen molar-refractivity contribution in [3.63, 3.8) is 0 Å². The minimum atomic E-state index is -0.692. The van der Waals surface area contributed by atoms with Crippen LogP contribution in [0.2, 0.25) is 5.02 Å². The van der Waals surface area contributed by atoms with Crippen molar-refractivity contribution in [3.8, 4) is 0 Å². The molecule has 2 rings (SSSR count). The molecule has 1 N–H and O–H groups in total. The molecule has 1 aromatic rings. The van der Waals surface area contributed by atoms with Crippen molar-refractivity contribution in [2.75, 3.05) is 13.1 Å². The lowest BCUT2D eigenvalue weighted by Gasteiger charge is -2.32. The van der Waals surface area contributed by atoms with Gasteiger partial charge in [-0.1, -0.05) is 31.5 Å². The summed E-state index contributed by atoms with van der Waals surface area (Å²) in [6.07, 6.45) is 3.07. The summed E-state index contributed by atoms with van der Waals surface area (Å²) < 4.78 is 13.9. The van der Waals surface area contributed by atoms with Crippen LogP contribution in [-0.4, -0.2) is 35.8 Å². The Balaban J connectivity index is 2.15. The fourth-order valence-corrected chi connectivity index (χ4v) is 3.00. The van der Waals surface area contributed by atoms with E-state index in [9.17, 15) is 14.0 Å². The van der Waals surface area contributed by atoms with Crippen molar-refractivity contribution in [1.82, 2.24) is 10.2 Å². The smallest absolute Gasteiger partial charge is 0.256 e. The van der Waals surface area contributed by atoms with E-state index >= 15 is 0 Å². The van der Waals surface area contributed by atoms with Crippen LogP contribution in [0.25, 0.3) is 0 Å². The molecular formula is C17H22ClFN2O2. The molecule has 1 aliphatic rings. The molecule has 6 heteroatoms. The summed E-state index contributed by atoms with van der Waals surface area (Å²) in [4.78, 5) is 26.8. The van der Waals surface area contributed by atoms with Gasteiger partial charge in [0.05, 0.1) is 10.6 Å². The summed E-state index contributed by atoms with van der Waals surface area (Å²) in [5.74, 6) is -1.56. The number of rotatable bonds is 4. The first-order chi connectivity index (χ1) is 10.9. The normalized spacial score (nSPS) is 16.3. The zero-order valence-corrected chi connectivity index (χ0v) is 14.2. The van der Waals surface area contributed by atoms with Crippen LogP contribution in [0.15, 0.2) is 18.2 Å². The molecule has 0 radical (unpaired) electrons. The first kappa shape index (κ1) is 17.7. The van der Waals surface area contributed by atoms with Crippen LogP contribution in [0.5, 0.6) is 0 Å². The zero-order chi connectivity index (χ0) is 17.0. The van der Waals surface area contributed by atoms with Crippen LogP contribution < -0.4 is 5.32 Å². The van der Waals surface area contributed by atoms with E-state index < -0.39 is 17.8 Å². The standard InChI is InChI=1S/C17H22ClFN2O2/c1-11(2)15(17(23)21-9-4-3-5-10-21)20-16(22)14-12(18)7-6-8-13(14)19/h6-8,11,15H,3-5,9-10H2,1-2H3,(H,20,22)/t15-/m1/s1. The van der Waals surface area contributed by atoms with Crippen LogP contribution in [0.4, 0.5) is 4.39 Å². The molecule has 1 saturated heterocycles. The first-order valence-corrected chi connectivity index (χ1v) is 8.33. The molecule has 0 spiro atoms. The molecule has 4 nitrogen and oxygen atoms in total. The van der Waals surface area contributed by atoms with Gasteiger partial charge in [0, 0.05) is 13.1 Å². The lowest BCUT2D eigenvalue weighted by molar-refractivity contribution is -0.135. The van der Waals surface area contributed by atoms with Crippen molar-refractivity contribution in [1.29, 1.82) is 0 Å². The predicted molar refractivity (Wildman–Crippen MR) is 87.9 cm³/mol.